The highest BCUT2D eigenvalue weighted by atomic mass is 32.1. The van der Waals surface area contributed by atoms with Crippen molar-refractivity contribution in [2.45, 2.75) is 0 Å². The summed E-state index contributed by atoms with van der Waals surface area (Å²) in [6, 6.07) is 8.00. The molecule has 124 valence electrons. The number of phenolic OH excluding ortho intramolecular Hbond substituents is 2. The van der Waals surface area contributed by atoms with Crippen molar-refractivity contribution in [3.05, 3.63) is 64.2 Å². The van der Waals surface area contributed by atoms with Crippen LogP contribution in [0.3, 0.4) is 0 Å². The van der Waals surface area contributed by atoms with Crippen molar-refractivity contribution in [2.75, 3.05) is 0 Å². The topological polar surface area (TPSA) is 101 Å². The molecule has 0 unspecified atom stereocenters. The number of benzene rings is 1. The maximum Gasteiger partial charge on any atom is 0.283 e. The molecule has 0 radical (unpaired) electrons. The highest BCUT2D eigenvalue weighted by Crippen LogP contribution is 2.31. The van der Waals surface area contributed by atoms with Crippen LogP contribution in [0.25, 0.3) is 21.5 Å². The lowest BCUT2D eigenvalue weighted by atomic mass is 10.2. The van der Waals surface area contributed by atoms with Gasteiger partial charge in [-0.3, -0.25) is 4.79 Å². The fourth-order valence-corrected chi connectivity index (χ4v) is 3.28. The van der Waals surface area contributed by atoms with Gasteiger partial charge in [0.05, 0.1) is 17.9 Å². The number of fused-ring (bicyclic) bond motifs is 1. The van der Waals surface area contributed by atoms with Crippen LogP contribution in [-0.2, 0) is 0 Å². The van der Waals surface area contributed by atoms with Crippen molar-refractivity contribution in [1.29, 1.82) is 0 Å². The van der Waals surface area contributed by atoms with E-state index in [1.807, 2.05) is 5.38 Å². The first-order chi connectivity index (χ1) is 12.1. The monoisotopic (exact) mass is 353 g/mol. The number of phenols is 2. The second-order valence-electron chi connectivity index (χ2n) is 5.16. The number of nitrogens with zero attached hydrogens (tertiary/aromatic N) is 3. The van der Waals surface area contributed by atoms with E-state index in [0.717, 1.165) is 4.68 Å². The summed E-state index contributed by atoms with van der Waals surface area (Å²) >= 11 is 1.34. The van der Waals surface area contributed by atoms with Gasteiger partial charge < -0.3 is 14.6 Å². The number of thiophene rings is 1. The lowest BCUT2D eigenvalue weighted by Gasteiger charge is -2.02. The number of hydrogen-bond donors (Lipinski definition) is 2. The molecule has 1 aromatic carbocycles. The fourth-order valence-electron chi connectivity index (χ4n) is 2.40. The minimum atomic E-state index is -0.353. The van der Waals surface area contributed by atoms with Crippen LogP contribution in [0.2, 0.25) is 0 Å². The Hall–Kier alpha value is -3.39. The van der Waals surface area contributed by atoms with E-state index in [2.05, 4.69) is 10.1 Å². The molecule has 0 aliphatic rings. The molecule has 0 saturated heterocycles. The van der Waals surface area contributed by atoms with Crippen LogP contribution < -0.4 is 5.56 Å². The summed E-state index contributed by atoms with van der Waals surface area (Å²) in [5.74, 6) is 0.0143. The highest BCUT2D eigenvalue weighted by molar-refractivity contribution is 7.17. The Morgan fingerprint density at radius 3 is 2.92 bits per heavy atom. The van der Waals surface area contributed by atoms with E-state index in [4.69, 9.17) is 4.42 Å². The second kappa shape index (κ2) is 5.91. The van der Waals surface area contributed by atoms with Crippen LogP contribution in [-0.4, -0.2) is 26.1 Å². The molecule has 0 bridgehead atoms. The van der Waals surface area contributed by atoms with Crippen molar-refractivity contribution in [1.82, 2.24) is 9.66 Å². The number of aromatic hydroxyl groups is 2. The smallest absolute Gasteiger partial charge is 0.283 e. The first-order valence-electron chi connectivity index (χ1n) is 7.23. The van der Waals surface area contributed by atoms with Gasteiger partial charge >= 0.3 is 0 Å². The van der Waals surface area contributed by atoms with E-state index in [1.54, 1.807) is 24.3 Å². The third kappa shape index (κ3) is 2.58. The zero-order valence-electron chi connectivity index (χ0n) is 12.7. The van der Waals surface area contributed by atoms with Crippen molar-refractivity contribution in [2.24, 2.45) is 5.10 Å². The van der Waals surface area contributed by atoms with Gasteiger partial charge in [-0.05, 0) is 24.3 Å². The van der Waals surface area contributed by atoms with Crippen molar-refractivity contribution >= 4 is 27.8 Å². The summed E-state index contributed by atoms with van der Waals surface area (Å²) in [4.78, 5) is 17.6. The van der Waals surface area contributed by atoms with Crippen LogP contribution in [0.1, 0.15) is 5.56 Å². The minimum absolute atomic E-state index is 0.261. The Kier molecular flexibility index (Phi) is 3.58. The molecule has 0 atom stereocenters. The first-order valence-corrected chi connectivity index (χ1v) is 8.11. The Morgan fingerprint density at radius 2 is 2.12 bits per heavy atom. The zero-order chi connectivity index (χ0) is 17.4. The Morgan fingerprint density at radius 1 is 1.24 bits per heavy atom. The molecule has 0 aliphatic carbocycles. The van der Waals surface area contributed by atoms with Crippen LogP contribution in [0, 0.1) is 0 Å². The van der Waals surface area contributed by atoms with E-state index in [9.17, 15) is 15.0 Å². The SMILES string of the molecule is O=c1c2c(-c3ccco3)csc2ncn1/N=C/c1cccc(O)c1O. The third-order valence-corrected chi connectivity index (χ3v) is 4.52. The maximum atomic E-state index is 12.7. The molecule has 2 N–H and O–H groups in total. The number of rotatable bonds is 3. The van der Waals surface area contributed by atoms with E-state index in [0.29, 0.717) is 21.5 Å². The predicted octanol–water partition coefficient (Wildman–Crippen LogP) is 3.01. The first kappa shape index (κ1) is 15.2. The molecule has 3 heterocycles. The van der Waals surface area contributed by atoms with Gasteiger partial charge in [0.2, 0.25) is 0 Å². The van der Waals surface area contributed by atoms with Gasteiger partial charge in [0.15, 0.2) is 11.5 Å². The van der Waals surface area contributed by atoms with Crippen LogP contribution >= 0.6 is 11.3 Å². The molecular formula is C17H11N3O4S. The molecule has 3 aromatic heterocycles. The molecular weight excluding hydrogens is 342 g/mol. The Labute approximate surface area is 144 Å². The lowest BCUT2D eigenvalue weighted by molar-refractivity contribution is 0.403. The van der Waals surface area contributed by atoms with Gasteiger partial charge in [0.25, 0.3) is 5.56 Å². The largest absolute Gasteiger partial charge is 0.504 e. The maximum absolute atomic E-state index is 12.7. The minimum Gasteiger partial charge on any atom is -0.504 e. The molecule has 0 aliphatic heterocycles. The Bertz CT molecular complexity index is 1140. The van der Waals surface area contributed by atoms with Gasteiger partial charge in [-0.2, -0.15) is 9.78 Å². The van der Waals surface area contributed by atoms with Crippen molar-refractivity contribution < 1.29 is 14.6 Å². The van der Waals surface area contributed by atoms with Gasteiger partial charge in [-0.25, -0.2) is 4.98 Å². The summed E-state index contributed by atoms with van der Waals surface area (Å²) in [6.07, 6.45) is 4.13. The molecule has 8 heteroatoms. The summed E-state index contributed by atoms with van der Waals surface area (Å²) < 4.78 is 6.44. The fraction of sp³-hybridized carbons (Fsp3) is 0. The molecule has 4 aromatic rings. The molecule has 0 fully saturated rings. The zero-order valence-corrected chi connectivity index (χ0v) is 13.5. The number of hydrogen-bond acceptors (Lipinski definition) is 7. The van der Waals surface area contributed by atoms with E-state index < -0.39 is 0 Å². The average Bonchev–Trinajstić information content (AvgIpc) is 3.27. The van der Waals surface area contributed by atoms with Gasteiger partial charge in [-0.1, -0.05) is 6.07 Å². The van der Waals surface area contributed by atoms with E-state index >= 15 is 0 Å². The summed E-state index contributed by atoms with van der Waals surface area (Å²) in [7, 11) is 0. The summed E-state index contributed by atoms with van der Waals surface area (Å²) in [5, 5.41) is 25.6. The number of aromatic nitrogens is 2. The van der Waals surface area contributed by atoms with Gasteiger partial charge in [0, 0.05) is 16.5 Å². The standard InChI is InChI=1S/C17H11N3O4S/c21-12-4-1-3-10(15(12)22)7-19-20-9-18-16-14(17(20)23)11(8-25-16)13-5-2-6-24-13/h1-9,21-22H/b19-7+. The molecule has 0 spiro atoms. The molecule has 7 nitrogen and oxygen atoms in total. The summed E-state index contributed by atoms with van der Waals surface area (Å²) in [5.41, 5.74) is 0.587. The third-order valence-electron chi connectivity index (χ3n) is 3.63. The van der Waals surface area contributed by atoms with E-state index in [1.165, 1.54) is 36.2 Å². The van der Waals surface area contributed by atoms with Crippen LogP contribution in [0.15, 0.2) is 62.6 Å². The highest BCUT2D eigenvalue weighted by Gasteiger charge is 2.14. The molecule has 0 saturated carbocycles. The number of para-hydroxylation sites is 1. The van der Waals surface area contributed by atoms with Crippen molar-refractivity contribution in [3.8, 4) is 22.8 Å². The van der Waals surface area contributed by atoms with Gasteiger partial charge in [0.1, 0.15) is 16.9 Å². The number of furan rings is 1. The predicted molar refractivity (Wildman–Crippen MR) is 94.3 cm³/mol. The second-order valence-corrected chi connectivity index (χ2v) is 6.02. The average molecular weight is 353 g/mol. The Balaban J connectivity index is 1.82. The molecule has 4 rings (SSSR count). The van der Waals surface area contributed by atoms with Gasteiger partial charge in [-0.15, -0.1) is 11.3 Å². The quantitative estimate of drug-likeness (QED) is 0.435. The van der Waals surface area contributed by atoms with Crippen LogP contribution in [0.5, 0.6) is 11.5 Å². The molecule has 25 heavy (non-hydrogen) atoms. The summed E-state index contributed by atoms with van der Waals surface area (Å²) in [6.45, 7) is 0. The normalized spacial score (nSPS) is 11.5. The van der Waals surface area contributed by atoms with Crippen LogP contribution in [0.4, 0.5) is 0 Å². The molecule has 0 amide bonds. The lowest BCUT2D eigenvalue weighted by Crippen LogP contribution is -2.16. The van der Waals surface area contributed by atoms with E-state index in [-0.39, 0.29) is 22.6 Å². The van der Waals surface area contributed by atoms with Crippen molar-refractivity contribution in [3.63, 3.8) is 0 Å².